The van der Waals surface area contributed by atoms with Gasteiger partial charge in [0.25, 0.3) is 0 Å². The predicted octanol–water partition coefficient (Wildman–Crippen LogP) is 1.29. The third-order valence-corrected chi connectivity index (χ3v) is 4.81. The molecular formula is C10H13NO2S2. The molecule has 0 amide bonds. The summed E-state index contributed by atoms with van der Waals surface area (Å²) in [7, 11) is -3.05. The summed E-state index contributed by atoms with van der Waals surface area (Å²) in [5, 5.41) is -0.347. The first-order valence-electron chi connectivity index (χ1n) is 4.80. The Hall–Kier alpha value is -0.520. The van der Waals surface area contributed by atoms with Crippen molar-refractivity contribution < 1.29 is 8.42 Å². The number of fused-ring (bicyclic) bond motifs is 1. The van der Waals surface area contributed by atoms with Crippen LogP contribution in [0.2, 0.25) is 0 Å². The molecule has 1 aromatic carbocycles. The smallest absolute Gasteiger partial charge is 0.178 e. The molecule has 82 valence electrons. The first-order chi connectivity index (χ1) is 7.00. The number of benzene rings is 1. The molecule has 0 aromatic heterocycles. The van der Waals surface area contributed by atoms with Crippen LogP contribution < -0.4 is 5.73 Å². The molecule has 1 aromatic rings. The molecule has 1 aliphatic heterocycles. The minimum Gasteiger partial charge on any atom is -0.316 e. The van der Waals surface area contributed by atoms with Gasteiger partial charge >= 0.3 is 0 Å². The van der Waals surface area contributed by atoms with E-state index in [4.69, 9.17) is 5.73 Å². The summed E-state index contributed by atoms with van der Waals surface area (Å²) in [6, 6.07) is 5.23. The molecule has 1 atom stereocenters. The van der Waals surface area contributed by atoms with Crippen LogP contribution >= 0.6 is 12.6 Å². The van der Waals surface area contributed by atoms with E-state index in [1.54, 1.807) is 12.1 Å². The summed E-state index contributed by atoms with van der Waals surface area (Å²) >= 11 is 4.13. The number of hydrogen-bond donors (Lipinski definition) is 2. The highest BCUT2D eigenvalue weighted by Gasteiger charge is 2.23. The van der Waals surface area contributed by atoms with Crippen LogP contribution in [0, 0.1) is 0 Å². The molecule has 2 N–H and O–H groups in total. The lowest BCUT2D eigenvalue weighted by Crippen LogP contribution is -2.16. The third-order valence-electron chi connectivity index (χ3n) is 2.62. The molecule has 5 heteroatoms. The Labute approximate surface area is 95.0 Å². The Balaban J connectivity index is 2.55. The topological polar surface area (TPSA) is 60.2 Å². The molecule has 0 fully saturated rings. The maximum Gasteiger partial charge on any atom is 0.178 e. The van der Waals surface area contributed by atoms with Gasteiger partial charge in [0.2, 0.25) is 0 Å². The van der Waals surface area contributed by atoms with Crippen LogP contribution in [0.1, 0.15) is 22.9 Å². The zero-order valence-corrected chi connectivity index (χ0v) is 9.89. The molecule has 0 aliphatic carbocycles. The quantitative estimate of drug-likeness (QED) is 0.577. The zero-order valence-electron chi connectivity index (χ0n) is 8.18. The van der Waals surface area contributed by atoms with E-state index < -0.39 is 9.84 Å². The molecule has 1 aliphatic rings. The summed E-state index contributed by atoms with van der Waals surface area (Å²) in [5.74, 6) is 0.256. The van der Waals surface area contributed by atoms with Gasteiger partial charge in [0.05, 0.1) is 16.0 Å². The second kappa shape index (κ2) is 3.81. The van der Waals surface area contributed by atoms with Crippen molar-refractivity contribution in [3.8, 4) is 0 Å². The van der Waals surface area contributed by atoms with Crippen molar-refractivity contribution in [3.63, 3.8) is 0 Å². The van der Waals surface area contributed by atoms with Crippen molar-refractivity contribution in [2.45, 2.75) is 23.1 Å². The summed E-state index contributed by atoms with van der Waals surface area (Å²) in [5.41, 5.74) is 7.38. The fraction of sp³-hybridized carbons (Fsp3) is 0.400. The number of rotatable bonds is 1. The van der Waals surface area contributed by atoms with E-state index in [1.807, 2.05) is 6.07 Å². The molecule has 0 bridgehead atoms. The Morgan fingerprint density at radius 3 is 2.80 bits per heavy atom. The van der Waals surface area contributed by atoms with Crippen molar-refractivity contribution in [2.24, 2.45) is 5.73 Å². The van der Waals surface area contributed by atoms with Gasteiger partial charge in [-0.2, -0.15) is 12.6 Å². The Bertz CT molecular complexity index is 480. The van der Waals surface area contributed by atoms with Gasteiger partial charge in [-0.3, -0.25) is 0 Å². The lowest BCUT2D eigenvalue weighted by molar-refractivity contribution is 0.586. The van der Waals surface area contributed by atoms with Gasteiger partial charge in [-0.1, -0.05) is 12.1 Å². The van der Waals surface area contributed by atoms with E-state index >= 15 is 0 Å². The summed E-state index contributed by atoms with van der Waals surface area (Å²) in [4.78, 5) is 0.464. The fourth-order valence-corrected chi connectivity index (χ4v) is 3.59. The van der Waals surface area contributed by atoms with Gasteiger partial charge in [0, 0.05) is 0 Å². The minimum absolute atomic E-state index is 0.256. The first-order valence-corrected chi connectivity index (χ1v) is 6.97. The summed E-state index contributed by atoms with van der Waals surface area (Å²) < 4.78 is 23.4. The molecule has 0 saturated carbocycles. The van der Waals surface area contributed by atoms with E-state index in [2.05, 4.69) is 12.6 Å². The van der Waals surface area contributed by atoms with Crippen LogP contribution in [-0.4, -0.2) is 14.2 Å². The lowest BCUT2D eigenvalue weighted by atomic mass is 10.1. The highest BCUT2D eigenvalue weighted by Crippen LogP contribution is 2.27. The molecule has 1 heterocycles. The van der Waals surface area contributed by atoms with Gasteiger partial charge in [-0.05, 0) is 30.0 Å². The minimum atomic E-state index is -3.05. The average Bonchev–Trinajstić information content (AvgIpc) is 2.16. The van der Waals surface area contributed by atoms with Crippen LogP contribution in [0.25, 0.3) is 0 Å². The number of hydrogen-bond acceptors (Lipinski definition) is 4. The van der Waals surface area contributed by atoms with Crippen molar-refractivity contribution in [1.29, 1.82) is 0 Å². The molecule has 0 spiro atoms. The fourth-order valence-electron chi connectivity index (χ4n) is 1.84. The highest BCUT2D eigenvalue weighted by molar-refractivity contribution is 7.91. The van der Waals surface area contributed by atoms with Crippen LogP contribution in [-0.2, 0) is 16.3 Å². The lowest BCUT2D eigenvalue weighted by Gasteiger charge is -2.17. The maximum atomic E-state index is 11.7. The monoisotopic (exact) mass is 243 g/mol. The molecule has 15 heavy (non-hydrogen) atoms. The van der Waals surface area contributed by atoms with E-state index in [9.17, 15) is 8.42 Å². The highest BCUT2D eigenvalue weighted by atomic mass is 32.2. The summed E-state index contributed by atoms with van der Waals surface area (Å²) in [6.07, 6.45) is 1.50. The molecule has 1 unspecified atom stereocenters. The SMILES string of the molecule is NC(S)c1ccc2c(c1)CCCS2(=O)=O. The molecule has 2 rings (SSSR count). The van der Waals surface area contributed by atoms with Gasteiger partial charge in [0.15, 0.2) is 9.84 Å². The average molecular weight is 243 g/mol. The van der Waals surface area contributed by atoms with Gasteiger partial charge < -0.3 is 5.73 Å². The molecular weight excluding hydrogens is 230 g/mol. The molecule has 0 saturated heterocycles. The van der Waals surface area contributed by atoms with Crippen LogP contribution in [0.4, 0.5) is 0 Å². The van der Waals surface area contributed by atoms with E-state index in [-0.39, 0.29) is 11.1 Å². The van der Waals surface area contributed by atoms with Crippen LogP contribution in [0.5, 0.6) is 0 Å². The Morgan fingerprint density at radius 2 is 2.13 bits per heavy atom. The zero-order chi connectivity index (χ0) is 11.1. The first kappa shape index (κ1) is 11.0. The van der Waals surface area contributed by atoms with Crippen LogP contribution in [0.3, 0.4) is 0 Å². The standard InChI is InChI=1S/C10H13NO2S2/c11-10(14)8-3-4-9-7(6-8)2-1-5-15(9,12)13/h3-4,6,10,14H,1-2,5,11H2. The largest absolute Gasteiger partial charge is 0.316 e. The van der Waals surface area contributed by atoms with Gasteiger partial charge in [-0.15, -0.1) is 0 Å². The second-order valence-corrected chi connectivity index (χ2v) is 6.37. The van der Waals surface area contributed by atoms with Crippen molar-refractivity contribution in [2.75, 3.05) is 5.75 Å². The van der Waals surface area contributed by atoms with E-state index in [1.165, 1.54) is 0 Å². The Morgan fingerprint density at radius 1 is 1.40 bits per heavy atom. The molecule has 3 nitrogen and oxygen atoms in total. The van der Waals surface area contributed by atoms with E-state index in [0.717, 1.165) is 17.5 Å². The Kier molecular flexibility index (Phi) is 2.79. The third kappa shape index (κ3) is 2.04. The van der Waals surface area contributed by atoms with Crippen molar-refractivity contribution >= 4 is 22.5 Å². The van der Waals surface area contributed by atoms with Crippen molar-refractivity contribution in [3.05, 3.63) is 29.3 Å². The number of nitrogens with two attached hydrogens (primary N) is 1. The number of sulfone groups is 1. The number of thiol groups is 1. The van der Waals surface area contributed by atoms with Gasteiger partial charge in [-0.25, -0.2) is 8.42 Å². The summed E-state index contributed by atoms with van der Waals surface area (Å²) in [6.45, 7) is 0. The second-order valence-electron chi connectivity index (χ2n) is 3.73. The van der Waals surface area contributed by atoms with Crippen LogP contribution in [0.15, 0.2) is 23.1 Å². The predicted molar refractivity (Wildman–Crippen MR) is 62.7 cm³/mol. The van der Waals surface area contributed by atoms with Gasteiger partial charge in [0.1, 0.15) is 0 Å². The van der Waals surface area contributed by atoms with E-state index in [0.29, 0.717) is 11.3 Å². The number of aryl methyl sites for hydroxylation is 1. The maximum absolute atomic E-state index is 11.7. The normalized spacial score (nSPS) is 20.7. The van der Waals surface area contributed by atoms with Crippen molar-refractivity contribution in [1.82, 2.24) is 0 Å². The molecule has 0 radical (unpaired) electrons.